The van der Waals surface area contributed by atoms with E-state index in [-0.39, 0.29) is 41.3 Å². The Balaban J connectivity index is 1.21. The van der Waals surface area contributed by atoms with Crippen LogP contribution in [0.4, 0.5) is 23.8 Å². The Hall–Kier alpha value is -3.02. The van der Waals surface area contributed by atoms with Gasteiger partial charge in [-0.05, 0) is 43.9 Å². The number of benzene rings is 1. The van der Waals surface area contributed by atoms with Crippen LogP contribution >= 0.6 is 0 Å². The lowest BCUT2D eigenvalue weighted by Crippen LogP contribution is -2.63. The third-order valence-corrected chi connectivity index (χ3v) is 6.03. The summed E-state index contributed by atoms with van der Waals surface area (Å²) in [6.45, 7) is 1.30. The zero-order valence-corrected chi connectivity index (χ0v) is 17.1. The van der Waals surface area contributed by atoms with Crippen molar-refractivity contribution in [1.82, 2.24) is 20.7 Å². The van der Waals surface area contributed by atoms with Crippen LogP contribution in [0.5, 0.6) is 0 Å². The molecule has 12 heteroatoms. The van der Waals surface area contributed by atoms with E-state index in [0.717, 1.165) is 50.9 Å². The number of rotatable bonds is 6. The Morgan fingerprint density at radius 3 is 2.50 bits per heavy atom. The van der Waals surface area contributed by atoms with Crippen molar-refractivity contribution in [3.63, 3.8) is 0 Å². The number of nitrogens with zero attached hydrogens (tertiary/aromatic N) is 2. The minimum absolute atomic E-state index is 0.00468. The molecule has 1 aliphatic carbocycles. The van der Waals surface area contributed by atoms with Crippen molar-refractivity contribution >= 4 is 28.8 Å². The van der Waals surface area contributed by atoms with Gasteiger partial charge in [0.05, 0.1) is 23.5 Å². The highest BCUT2D eigenvalue weighted by molar-refractivity contribution is 5.90. The van der Waals surface area contributed by atoms with Crippen molar-refractivity contribution in [3.8, 4) is 0 Å². The van der Waals surface area contributed by atoms with Crippen LogP contribution in [0.3, 0.4) is 0 Å². The van der Waals surface area contributed by atoms with Crippen LogP contribution < -0.4 is 16.0 Å². The first-order valence-corrected chi connectivity index (χ1v) is 10.4. The predicted molar refractivity (Wildman–Crippen MR) is 108 cm³/mol. The van der Waals surface area contributed by atoms with Crippen LogP contribution in [0.1, 0.15) is 31.2 Å². The van der Waals surface area contributed by atoms with Crippen LogP contribution in [0.2, 0.25) is 0 Å². The molecule has 1 aliphatic heterocycles. The highest BCUT2D eigenvalue weighted by Crippen LogP contribution is 2.33. The molecule has 0 atom stereocenters. The van der Waals surface area contributed by atoms with Crippen molar-refractivity contribution in [2.24, 2.45) is 0 Å². The number of nitrogens with one attached hydrogen (secondary N) is 3. The van der Waals surface area contributed by atoms with E-state index in [1.165, 1.54) is 6.07 Å². The molecule has 0 spiro atoms. The summed E-state index contributed by atoms with van der Waals surface area (Å²) in [7, 11) is 0. The minimum Gasteiger partial charge on any atom is -0.465 e. The molecule has 4 N–H and O–H groups in total. The highest BCUT2D eigenvalue weighted by atomic mass is 19.4. The molecule has 0 unspecified atom stereocenters. The van der Waals surface area contributed by atoms with Crippen molar-refractivity contribution in [2.75, 3.05) is 25.0 Å². The SMILES string of the molecule is O=C(O)NC1CCC(N2CC(NC(=O)CNc3noc4ccc(C(F)(F)F)cc34)C2)CC1. The fourth-order valence-electron chi connectivity index (χ4n) is 4.35. The van der Waals surface area contributed by atoms with E-state index in [9.17, 15) is 22.8 Å². The number of alkyl halides is 3. The van der Waals surface area contributed by atoms with E-state index < -0.39 is 17.8 Å². The van der Waals surface area contributed by atoms with Gasteiger partial charge >= 0.3 is 12.3 Å². The maximum absolute atomic E-state index is 12.9. The lowest BCUT2D eigenvalue weighted by molar-refractivity contribution is -0.137. The normalized spacial score (nSPS) is 22.3. The number of anilines is 1. The second-order valence-corrected chi connectivity index (χ2v) is 8.27. The van der Waals surface area contributed by atoms with Crippen molar-refractivity contribution in [1.29, 1.82) is 0 Å². The van der Waals surface area contributed by atoms with Gasteiger partial charge in [0.2, 0.25) is 5.91 Å². The topological polar surface area (TPSA) is 120 Å². The Labute approximate surface area is 181 Å². The number of carbonyl (C=O) groups is 2. The molecule has 2 aromatic rings. The maximum Gasteiger partial charge on any atom is 0.416 e. The van der Waals surface area contributed by atoms with Crippen LogP contribution in [-0.4, -0.2) is 64.9 Å². The molecule has 0 bridgehead atoms. The Kier molecular flexibility index (Phi) is 6.13. The predicted octanol–water partition coefficient (Wildman–Crippen LogP) is 2.64. The van der Waals surface area contributed by atoms with E-state index in [2.05, 4.69) is 26.0 Å². The largest absolute Gasteiger partial charge is 0.465 e. The number of carboxylic acid groups (broad SMARTS) is 1. The number of hydrogen-bond donors (Lipinski definition) is 4. The monoisotopic (exact) mass is 455 g/mol. The van der Waals surface area contributed by atoms with Gasteiger partial charge in [-0.1, -0.05) is 5.16 Å². The van der Waals surface area contributed by atoms with E-state index in [1.54, 1.807) is 0 Å². The summed E-state index contributed by atoms with van der Waals surface area (Å²) in [5.74, 6) is -0.199. The number of likely N-dealkylation sites (tertiary alicyclic amines) is 1. The molecule has 2 aliphatic rings. The quantitative estimate of drug-likeness (QED) is 0.529. The van der Waals surface area contributed by atoms with Gasteiger partial charge in [0.25, 0.3) is 0 Å². The molecule has 0 radical (unpaired) electrons. The first kappa shape index (κ1) is 22.2. The van der Waals surface area contributed by atoms with Crippen molar-refractivity contribution in [3.05, 3.63) is 23.8 Å². The molecular weight excluding hydrogens is 431 g/mol. The zero-order valence-electron chi connectivity index (χ0n) is 17.1. The summed E-state index contributed by atoms with van der Waals surface area (Å²) >= 11 is 0. The fraction of sp³-hybridized carbons (Fsp3) is 0.550. The minimum atomic E-state index is -4.48. The number of halogens is 3. The number of amides is 2. The van der Waals surface area contributed by atoms with Gasteiger partial charge in [0.1, 0.15) is 0 Å². The smallest absolute Gasteiger partial charge is 0.416 e. The molecule has 1 aromatic carbocycles. The summed E-state index contributed by atoms with van der Waals surface area (Å²) in [5.41, 5.74) is -0.619. The highest BCUT2D eigenvalue weighted by Gasteiger charge is 2.35. The van der Waals surface area contributed by atoms with Gasteiger partial charge in [-0.3, -0.25) is 9.69 Å². The number of aromatic nitrogens is 1. The van der Waals surface area contributed by atoms with E-state index >= 15 is 0 Å². The first-order valence-electron chi connectivity index (χ1n) is 10.4. The van der Waals surface area contributed by atoms with Gasteiger partial charge < -0.3 is 25.6 Å². The molecule has 1 aromatic heterocycles. The van der Waals surface area contributed by atoms with Crippen molar-refractivity contribution in [2.45, 2.75) is 50.0 Å². The third-order valence-electron chi connectivity index (χ3n) is 6.03. The van der Waals surface area contributed by atoms with E-state index in [1.807, 2.05) is 0 Å². The first-order chi connectivity index (χ1) is 15.2. The number of carbonyl (C=O) groups excluding carboxylic acids is 1. The summed E-state index contributed by atoms with van der Waals surface area (Å²) in [6.07, 6.45) is -2.05. The average molecular weight is 455 g/mol. The molecule has 1 saturated carbocycles. The van der Waals surface area contributed by atoms with Gasteiger partial charge in [-0.15, -0.1) is 0 Å². The summed E-state index contributed by atoms with van der Waals surface area (Å²) in [5, 5.41) is 20.8. The Morgan fingerprint density at radius 1 is 1.12 bits per heavy atom. The van der Waals surface area contributed by atoms with Crippen LogP contribution in [0.15, 0.2) is 22.7 Å². The van der Waals surface area contributed by atoms with Gasteiger partial charge in [0, 0.05) is 25.2 Å². The second kappa shape index (κ2) is 8.85. The molecule has 2 heterocycles. The molecule has 174 valence electrons. The van der Waals surface area contributed by atoms with Crippen LogP contribution in [-0.2, 0) is 11.0 Å². The van der Waals surface area contributed by atoms with Crippen LogP contribution in [0.25, 0.3) is 11.0 Å². The zero-order chi connectivity index (χ0) is 22.9. The molecular formula is C20H24F3N5O4. The number of hydrogen-bond acceptors (Lipinski definition) is 6. The molecule has 2 amide bonds. The Morgan fingerprint density at radius 2 is 1.84 bits per heavy atom. The molecule has 32 heavy (non-hydrogen) atoms. The Bertz CT molecular complexity index is 981. The second-order valence-electron chi connectivity index (χ2n) is 8.27. The third kappa shape index (κ3) is 5.06. The molecule has 2 fully saturated rings. The van der Waals surface area contributed by atoms with Gasteiger partial charge in [-0.2, -0.15) is 13.2 Å². The fourth-order valence-corrected chi connectivity index (χ4v) is 4.35. The average Bonchev–Trinajstić information content (AvgIpc) is 3.11. The molecule has 9 nitrogen and oxygen atoms in total. The van der Waals surface area contributed by atoms with Crippen molar-refractivity contribution < 1.29 is 32.4 Å². The summed E-state index contributed by atoms with van der Waals surface area (Å²) in [4.78, 5) is 25.2. The molecule has 4 rings (SSSR count). The van der Waals surface area contributed by atoms with Crippen LogP contribution in [0, 0.1) is 0 Å². The van der Waals surface area contributed by atoms with Gasteiger partial charge in [0.15, 0.2) is 11.4 Å². The summed E-state index contributed by atoms with van der Waals surface area (Å²) in [6, 6.07) is 3.46. The lowest BCUT2D eigenvalue weighted by Gasteiger charge is -2.46. The van der Waals surface area contributed by atoms with Gasteiger partial charge in [-0.25, -0.2) is 4.79 Å². The number of fused-ring (bicyclic) bond motifs is 1. The maximum atomic E-state index is 12.9. The van der Waals surface area contributed by atoms with E-state index in [0.29, 0.717) is 6.04 Å². The summed E-state index contributed by atoms with van der Waals surface area (Å²) < 4.78 is 43.8. The van der Waals surface area contributed by atoms with E-state index in [4.69, 9.17) is 9.63 Å². The molecule has 1 saturated heterocycles. The standard InChI is InChI=1S/C20H24F3N5O4/c21-20(22,23)11-1-6-16-15(7-11)18(27-32-16)24-8-17(29)25-13-9-28(10-13)14-4-2-12(3-5-14)26-19(30)31/h1,6-7,12-14,26H,2-5,8-10H2,(H,24,27)(H,25,29)(H,30,31). The lowest BCUT2D eigenvalue weighted by atomic mass is 9.88.